The van der Waals surface area contributed by atoms with Crippen LogP contribution in [0.15, 0.2) is 66.9 Å². The summed E-state index contributed by atoms with van der Waals surface area (Å²) in [6.45, 7) is 5.27. The highest BCUT2D eigenvalue weighted by Gasteiger charge is 2.32. The zero-order valence-corrected chi connectivity index (χ0v) is 23.3. The Morgan fingerprint density at radius 2 is 1.90 bits per heavy atom. The second-order valence-corrected chi connectivity index (χ2v) is 11.3. The first-order chi connectivity index (χ1) is 19.7. The van der Waals surface area contributed by atoms with Gasteiger partial charge in [-0.05, 0) is 60.5 Å². The maximum Gasteiger partial charge on any atom is 0.251 e. The molecule has 0 spiro atoms. The second-order valence-electron chi connectivity index (χ2n) is 11.3. The number of carbonyl (C=O) groups excluding carboxylic acids is 2. The van der Waals surface area contributed by atoms with E-state index in [0.717, 1.165) is 44.3 Å². The summed E-state index contributed by atoms with van der Waals surface area (Å²) in [5.74, 6) is -0.556. The van der Waals surface area contributed by atoms with Crippen LogP contribution < -0.4 is 10.6 Å². The average molecular weight is 554 g/mol. The molecule has 6 rings (SSSR count). The Hall–Kier alpha value is -4.50. The van der Waals surface area contributed by atoms with Gasteiger partial charge in [-0.1, -0.05) is 26.0 Å². The molecule has 0 bridgehead atoms. The van der Waals surface area contributed by atoms with Crippen molar-refractivity contribution in [1.29, 1.82) is 0 Å². The van der Waals surface area contributed by atoms with Crippen molar-refractivity contribution >= 4 is 33.6 Å². The normalized spacial score (nSPS) is 15.8. The fourth-order valence-corrected chi connectivity index (χ4v) is 5.91. The first kappa shape index (κ1) is 26.7. The first-order valence-electron chi connectivity index (χ1n) is 13.7. The highest BCUT2D eigenvalue weighted by molar-refractivity contribution is 6.06. The van der Waals surface area contributed by atoms with E-state index in [1.165, 1.54) is 12.1 Å². The molecule has 9 heteroatoms. The molecule has 1 aliphatic rings. The van der Waals surface area contributed by atoms with E-state index in [1.807, 2.05) is 24.3 Å². The van der Waals surface area contributed by atoms with E-state index in [2.05, 4.69) is 51.4 Å². The van der Waals surface area contributed by atoms with Crippen LogP contribution in [-0.4, -0.2) is 52.9 Å². The van der Waals surface area contributed by atoms with Gasteiger partial charge in [0.15, 0.2) is 0 Å². The molecule has 210 valence electrons. The number of nitrogens with one attached hydrogen (secondary N) is 3. The number of aromatic nitrogens is 3. The Kier molecular flexibility index (Phi) is 6.83. The molecule has 1 unspecified atom stereocenters. The van der Waals surface area contributed by atoms with E-state index in [0.29, 0.717) is 25.1 Å². The fraction of sp³-hybridized carbons (Fsp3) is 0.281. The van der Waals surface area contributed by atoms with Gasteiger partial charge in [0, 0.05) is 64.8 Å². The van der Waals surface area contributed by atoms with E-state index in [-0.39, 0.29) is 30.1 Å². The lowest BCUT2D eigenvalue weighted by Crippen LogP contribution is -2.45. The molecule has 8 nitrogen and oxygen atoms in total. The van der Waals surface area contributed by atoms with Crippen molar-refractivity contribution in [3.05, 3.63) is 83.9 Å². The lowest BCUT2D eigenvalue weighted by atomic mass is 9.84. The van der Waals surface area contributed by atoms with E-state index >= 15 is 0 Å². The molecule has 41 heavy (non-hydrogen) atoms. The van der Waals surface area contributed by atoms with Gasteiger partial charge in [-0.15, -0.1) is 0 Å². The highest BCUT2D eigenvalue weighted by Crippen LogP contribution is 2.44. The molecule has 1 fully saturated rings. The zero-order valence-electron chi connectivity index (χ0n) is 23.3. The smallest absolute Gasteiger partial charge is 0.251 e. The van der Waals surface area contributed by atoms with Crippen LogP contribution in [0.5, 0.6) is 0 Å². The Morgan fingerprint density at radius 1 is 1.15 bits per heavy atom. The number of ether oxygens (including phenoxy) is 1. The number of amides is 2. The van der Waals surface area contributed by atoms with Crippen LogP contribution >= 0.6 is 0 Å². The predicted molar refractivity (Wildman–Crippen MR) is 157 cm³/mol. The molecule has 3 heterocycles. The van der Waals surface area contributed by atoms with Gasteiger partial charge in [0.1, 0.15) is 5.82 Å². The van der Waals surface area contributed by atoms with Crippen molar-refractivity contribution in [3.8, 4) is 16.8 Å². The number of methoxy groups -OCH3 is 1. The summed E-state index contributed by atoms with van der Waals surface area (Å²) in [5.41, 5.74) is 5.71. The summed E-state index contributed by atoms with van der Waals surface area (Å²) in [6, 6.07) is 18.0. The molecule has 3 aromatic carbocycles. The van der Waals surface area contributed by atoms with Crippen LogP contribution in [0.1, 0.15) is 42.7 Å². The largest absolute Gasteiger partial charge is 0.384 e. The number of rotatable bonds is 7. The number of piperidine rings is 1. The summed E-state index contributed by atoms with van der Waals surface area (Å²) in [5, 5.41) is 15.1. The summed E-state index contributed by atoms with van der Waals surface area (Å²) in [4.78, 5) is 24.8. The number of halogens is 1. The van der Waals surface area contributed by atoms with Crippen LogP contribution in [0.25, 0.3) is 38.6 Å². The Morgan fingerprint density at radius 3 is 2.61 bits per heavy atom. The Labute approximate surface area is 236 Å². The molecule has 2 aromatic heterocycles. The van der Waals surface area contributed by atoms with Gasteiger partial charge in [0.05, 0.1) is 23.8 Å². The summed E-state index contributed by atoms with van der Waals surface area (Å²) in [7, 11) is 1.69. The van der Waals surface area contributed by atoms with E-state index < -0.39 is 5.41 Å². The fourth-order valence-electron chi connectivity index (χ4n) is 5.91. The maximum atomic E-state index is 14.0. The van der Waals surface area contributed by atoms with Gasteiger partial charge in [0.2, 0.25) is 5.91 Å². The minimum atomic E-state index is -0.443. The standard InChI is InChI=1S/C32H32FN5O3/c1-32(2,18-41-3)30-29(19-4-6-20(7-5-19)31(40)36-23-12-13-34-28(39)15-23)25-16-26-21(17-35-37-26)14-27(25)38(30)24-10-8-22(33)9-11-24/h4-11,14,16-17,23H,12-13,15,18H2,1-3H3,(H,34,39)(H,35,37)(H,36,40). The third-order valence-corrected chi connectivity index (χ3v) is 7.78. The van der Waals surface area contributed by atoms with Gasteiger partial charge in [-0.3, -0.25) is 14.7 Å². The quantitative estimate of drug-likeness (QED) is 0.256. The van der Waals surface area contributed by atoms with Crippen LogP contribution in [0, 0.1) is 5.82 Å². The maximum absolute atomic E-state index is 14.0. The van der Waals surface area contributed by atoms with Crippen LogP contribution in [0.3, 0.4) is 0 Å². The van der Waals surface area contributed by atoms with Crippen molar-refractivity contribution in [2.75, 3.05) is 20.3 Å². The van der Waals surface area contributed by atoms with Crippen molar-refractivity contribution < 1.29 is 18.7 Å². The molecular formula is C32H32FN5O3. The van der Waals surface area contributed by atoms with Gasteiger partial charge >= 0.3 is 0 Å². The van der Waals surface area contributed by atoms with Crippen LogP contribution in [0.4, 0.5) is 4.39 Å². The third kappa shape index (κ3) is 4.97. The third-order valence-electron chi connectivity index (χ3n) is 7.78. The minimum Gasteiger partial charge on any atom is -0.384 e. The van der Waals surface area contributed by atoms with Gasteiger partial charge < -0.3 is 19.9 Å². The topological polar surface area (TPSA) is 101 Å². The molecule has 1 aliphatic heterocycles. The second kappa shape index (κ2) is 10.5. The number of fused-ring (bicyclic) bond motifs is 2. The molecule has 5 aromatic rings. The number of benzene rings is 3. The summed E-state index contributed by atoms with van der Waals surface area (Å²) < 4.78 is 21.8. The van der Waals surface area contributed by atoms with E-state index in [4.69, 9.17) is 4.74 Å². The molecule has 2 amide bonds. The SMILES string of the molecule is COCC(C)(C)c1c(-c2ccc(C(=O)NC3CCNC(=O)C3)cc2)c2cc3[nH]ncc3cc2n1-c1ccc(F)cc1. The van der Waals surface area contributed by atoms with Crippen molar-refractivity contribution in [2.24, 2.45) is 0 Å². The Bertz CT molecular complexity index is 1750. The minimum absolute atomic E-state index is 0.0491. The van der Waals surface area contributed by atoms with Crippen molar-refractivity contribution in [3.63, 3.8) is 0 Å². The number of nitrogens with zero attached hydrogens (tertiary/aromatic N) is 2. The van der Waals surface area contributed by atoms with E-state index in [1.54, 1.807) is 25.4 Å². The number of hydrogen-bond donors (Lipinski definition) is 3. The van der Waals surface area contributed by atoms with Gasteiger partial charge in [-0.2, -0.15) is 5.10 Å². The molecule has 1 atom stereocenters. The molecule has 3 N–H and O–H groups in total. The number of H-pyrrole nitrogens is 1. The monoisotopic (exact) mass is 553 g/mol. The number of carbonyl (C=O) groups is 2. The lowest BCUT2D eigenvalue weighted by molar-refractivity contribution is -0.122. The summed E-state index contributed by atoms with van der Waals surface area (Å²) in [6.07, 6.45) is 2.78. The average Bonchev–Trinajstić information content (AvgIpc) is 3.54. The van der Waals surface area contributed by atoms with Crippen LogP contribution in [-0.2, 0) is 14.9 Å². The summed E-state index contributed by atoms with van der Waals surface area (Å²) >= 11 is 0. The molecule has 0 aliphatic carbocycles. The highest BCUT2D eigenvalue weighted by atomic mass is 19.1. The first-order valence-corrected chi connectivity index (χ1v) is 13.7. The van der Waals surface area contributed by atoms with E-state index in [9.17, 15) is 14.0 Å². The molecule has 0 saturated carbocycles. The molecule has 1 saturated heterocycles. The van der Waals surface area contributed by atoms with Gasteiger partial charge in [-0.25, -0.2) is 4.39 Å². The molecule has 0 radical (unpaired) electrons. The number of hydrogen-bond acceptors (Lipinski definition) is 4. The van der Waals surface area contributed by atoms with Crippen molar-refractivity contribution in [2.45, 2.75) is 38.1 Å². The Balaban J connectivity index is 1.52. The number of aromatic amines is 1. The lowest BCUT2D eigenvalue weighted by Gasteiger charge is -2.28. The van der Waals surface area contributed by atoms with Crippen molar-refractivity contribution in [1.82, 2.24) is 25.4 Å². The zero-order chi connectivity index (χ0) is 28.7. The predicted octanol–water partition coefficient (Wildman–Crippen LogP) is 5.25. The van der Waals surface area contributed by atoms with Gasteiger partial charge in [0.25, 0.3) is 5.91 Å². The molecular weight excluding hydrogens is 521 g/mol. The van der Waals surface area contributed by atoms with Crippen LogP contribution in [0.2, 0.25) is 0 Å².